The summed E-state index contributed by atoms with van der Waals surface area (Å²) in [6, 6.07) is 6.07. The van der Waals surface area contributed by atoms with Crippen molar-refractivity contribution in [2.75, 3.05) is 16.0 Å². The second kappa shape index (κ2) is 11.2. The van der Waals surface area contributed by atoms with Gasteiger partial charge in [0.15, 0.2) is 17.4 Å². The van der Waals surface area contributed by atoms with E-state index in [1.165, 1.54) is 30.7 Å². The van der Waals surface area contributed by atoms with Gasteiger partial charge in [0.1, 0.15) is 22.9 Å². The first-order chi connectivity index (χ1) is 18.1. The summed E-state index contributed by atoms with van der Waals surface area (Å²) in [6.07, 6.45) is -0.570. The minimum Gasteiger partial charge on any atom is -0.434 e. The fourth-order valence-corrected chi connectivity index (χ4v) is 3.41. The van der Waals surface area contributed by atoms with Gasteiger partial charge < -0.3 is 26.1 Å². The van der Waals surface area contributed by atoms with Gasteiger partial charge in [0, 0.05) is 30.2 Å². The molecular weight excluding hydrogens is 553 g/mol. The molecule has 0 bridgehead atoms. The van der Waals surface area contributed by atoms with Crippen LogP contribution in [0.3, 0.4) is 0 Å². The molecule has 0 spiro atoms. The van der Waals surface area contributed by atoms with Gasteiger partial charge in [0.05, 0.1) is 10.6 Å². The average molecular weight is 570 g/mol. The van der Waals surface area contributed by atoms with E-state index >= 15 is 0 Å². The smallest absolute Gasteiger partial charge is 0.432 e. The Kier molecular flexibility index (Phi) is 7.97. The number of halogens is 6. The van der Waals surface area contributed by atoms with Gasteiger partial charge in [-0.1, -0.05) is 23.2 Å². The van der Waals surface area contributed by atoms with Crippen LogP contribution in [0.2, 0.25) is 10.0 Å². The van der Waals surface area contributed by atoms with E-state index in [-0.39, 0.29) is 45.4 Å². The predicted molar refractivity (Wildman–Crippen MR) is 134 cm³/mol. The molecule has 38 heavy (non-hydrogen) atoms. The van der Waals surface area contributed by atoms with Gasteiger partial charge in [-0.25, -0.2) is 14.4 Å². The molecule has 1 aliphatic rings. The molecule has 0 saturated heterocycles. The molecule has 3 aromatic rings. The molecule has 0 atom stereocenters. The van der Waals surface area contributed by atoms with Crippen molar-refractivity contribution >= 4 is 52.6 Å². The van der Waals surface area contributed by atoms with Gasteiger partial charge in [0.2, 0.25) is 5.88 Å². The van der Waals surface area contributed by atoms with Crippen molar-refractivity contribution < 1.29 is 27.1 Å². The molecule has 15 heteroatoms. The number of hydrogen-bond acceptors (Lipinski definition) is 8. The predicted octanol–water partition coefficient (Wildman–Crippen LogP) is 6.20. The Balaban J connectivity index is 1.54. The summed E-state index contributed by atoms with van der Waals surface area (Å²) in [5.41, 5.74) is -2.88. The number of alkyl halides is 3. The van der Waals surface area contributed by atoms with E-state index in [0.717, 1.165) is 25.0 Å². The fourth-order valence-electron chi connectivity index (χ4n) is 3.05. The summed E-state index contributed by atoms with van der Waals surface area (Å²) in [5.74, 6) is -2.79. The third-order valence-electron chi connectivity index (χ3n) is 5.02. The third-order valence-corrected chi connectivity index (χ3v) is 5.66. The maximum atomic E-state index is 14.8. The van der Waals surface area contributed by atoms with E-state index in [0.29, 0.717) is 5.82 Å². The van der Waals surface area contributed by atoms with Crippen LogP contribution in [0.5, 0.6) is 11.6 Å². The number of pyridine rings is 1. The summed E-state index contributed by atoms with van der Waals surface area (Å²) < 4.78 is 61.5. The Morgan fingerprint density at radius 2 is 1.87 bits per heavy atom. The van der Waals surface area contributed by atoms with E-state index in [4.69, 9.17) is 33.3 Å². The third kappa shape index (κ3) is 6.47. The molecule has 4 rings (SSSR count). The van der Waals surface area contributed by atoms with Gasteiger partial charge in [-0.3, -0.25) is 4.79 Å². The van der Waals surface area contributed by atoms with Crippen molar-refractivity contribution in [2.24, 2.45) is 0 Å². The van der Waals surface area contributed by atoms with Crippen LogP contribution in [0.15, 0.2) is 54.1 Å². The van der Waals surface area contributed by atoms with Crippen LogP contribution in [0.25, 0.3) is 0 Å². The highest BCUT2D eigenvalue weighted by atomic mass is 35.5. The van der Waals surface area contributed by atoms with Crippen LogP contribution < -0.4 is 20.7 Å². The van der Waals surface area contributed by atoms with Crippen LogP contribution in [-0.2, 0) is 4.79 Å². The molecule has 0 unspecified atom stereocenters. The first kappa shape index (κ1) is 27.1. The van der Waals surface area contributed by atoms with Crippen LogP contribution in [0.4, 0.5) is 34.9 Å². The highest BCUT2D eigenvalue weighted by Crippen LogP contribution is 2.36. The van der Waals surface area contributed by atoms with E-state index < -0.39 is 29.2 Å². The minimum atomic E-state index is -5.09. The molecular formula is C23H17Cl2F4N7O2. The van der Waals surface area contributed by atoms with Gasteiger partial charge in [-0.05, 0) is 37.1 Å². The van der Waals surface area contributed by atoms with Gasteiger partial charge >= 0.3 is 6.18 Å². The SMILES string of the molecule is N=C/C(C(=O)Nc1ccc(Oc2ncnc(NC3CC3)c2Cl)c(F)c1)=C(\Nc1ncccc1Cl)C(F)(F)F. The molecule has 1 saturated carbocycles. The number of rotatable bonds is 9. The van der Waals surface area contributed by atoms with Crippen molar-refractivity contribution in [3.8, 4) is 11.6 Å². The largest absolute Gasteiger partial charge is 0.434 e. The van der Waals surface area contributed by atoms with Gasteiger partial charge in [-0.2, -0.15) is 18.2 Å². The molecule has 2 heterocycles. The minimum absolute atomic E-state index is 0.0390. The maximum absolute atomic E-state index is 14.8. The molecule has 9 nitrogen and oxygen atoms in total. The Bertz CT molecular complexity index is 1410. The van der Waals surface area contributed by atoms with Crippen molar-refractivity contribution in [1.82, 2.24) is 15.0 Å². The first-order valence-electron chi connectivity index (χ1n) is 10.8. The first-order valence-corrected chi connectivity index (χ1v) is 11.6. The summed E-state index contributed by atoms with van der Waals surface area (Å²) >= 11 is 12.1. The number of ether oxygens (including phenoxy) is 1. The highest BCUT2D eigenvalue weighted by molar-refractivity contribution is 6.34. The van der Waals surface area contributed by atoms with Crippen LogP contribution in [0, 0.1) is 11.2 Å². The molecule has 198 valence electrons. The number of amides is 1. The standard InChI is InChI=1S/C23H17Cl2F4N7O2/c24-14-2-1-7-31-19(14)36-18(23(27,28)29)13(9-30)21(37)35-12-5-6-16(15(26)8-12)38-22-17(25)20(32-10-33-22)34-11-3-4-11/h1-2,5-11,30H,3-4H2,(H,31,36)(H,35,37)(H,32,33,34)/b18-13+,30-9?. The number of benzene rings is 1. The lowest BCUT2D eigenvalue weighted by molar-refractivity contribution is -0.114. The van der Waals surface area contributed by atoms with Crippen molar-refractivity contribution in [1.29, 1.82) is 5.41 Å². The number of hydrogen-bond donors (Lipinski definition) is 4. The zero-order valence-corrected chi connectivity index (χ0v) is 20.5. The van der Waals surface area contributed by atoms with E-state index in [9.17, 15) is 22.4 Å². The molecule has 1 aromatic carbocycles. The van der Waals surface area contributed by atoms with Crippen molar-refractivity contribution in [2.45, 2.75) is 25.1 Å². The van der Waals surface area contributed by atoms with Gasteiger partial charge in [0.25, 0.3) is 5.91 Å². The molecule has 0 aliphatic heterocycles. The number of carbonyl (C=O) groups is 1. The highest BCUT2D eigenvalue weighted by Gasteiger charge is 2.39. The Morgan fingerprint density at radius 1 is 1.11 bits per heavy atom. The summed E-state index contributed by atoms with van der Waals surface area (Å²) in [7, 11) is 0. The number of nitrogens with one attached hydrogen (secondary N) is 4. The maximum Gasteiger partial charge on any atom is 0.432 e. The molecule has 4 N–H and O–H groups in total. The Hall–Kier alpha value is -3.97. The van der Waals surface area contributed by atoms with Crippen LogP contribution in [0.1, 0.15) is 12.8 Å². The second-order valence-corrected chi connectivity index (χ2v) is 8.64. The van der Waals surface area contributed by atoms with Crippen LogP contribution in [-0.4, -0.2) is 39.3 Å². The fraction of sp³-hybridized carbons (Fsp3) is 0.174. The van der Waals surface area contributed by atoms with Gasteiger partial charge in [-0.15, -0.1) is 0 Å². The van der Waals surface area contributed by atoms with E-state index in [1.54, 1.807) is 0 Å². The lowest BCUT2D eigenvalue weighted by Gasteiger charge is -2.17. The van der Waals surface area contributed by atoms with Crippen LogP contribution >= 0.6 is 23.2 Å². The molecule has 1 amide bonds. The Morgan fingerprint density at radius 3 is 2.50 bits per heavy atom. The monoisotopic (exact) mass is 569 g/mol. The topological polar surface area (TPSA) is 125 Å². The zero-order chi connectivity index (χ0) is 27.4. The normalized spacial score (nSPS) is 13.8. The number of allylic oxidation sites excluding steroid dienone is 1. The quantitative estimate of drug-likeness (QED) is 0.137. The Labute approximate surface area is 222 Å². The van der Waals surface area contributed by atoms with E-state index in [1.807, 2.05) is 5.32 Å². The molecule has 1 aliphatic carbocycles. The summed E-state index contributed by atoms with van der Waals surface area (Å²) in [4.78, 5) is 24.3. The summed E-state index contributed by atoms with van der Waals surface area (Å²) in [5, 5.41) is 14.5. The number of aromatic nitrogens is 3. The molecule has 0 radical (unpaired) electrons. The summed E-state index contributed by atoms with van der Waals surface area (Å²) in [6.45, 7) is 0. The lowest BCUT2D eigenvalue weighted by Crippen LogP contribution is -2.28. The number of nitrogens with zero attached hydrogens (tertiary/aromatic N) is 3. The average Bonchev–Trinajstić information content (AvgIpc) is 3.68. The van der Waals surface area contributed by atoms with E-state index in [2.05, 4.69) is 25.6 Å². The number of anilines is 3. The molecule has 2 aromatic heterocycles. The lowest BCUT2D eigenvalue weighted by atomic mass is 10.1. The van der Waals surface area contributed by atoms with Crippen molar-refractivity contribution in [3.05, 3.63) is 70.0 Å². The zero-order valence-electron chi connectivity index (χ0n) is 19.0. The second-order valence-electron chi connectivity index (χ2n) is 7.85. The molecule has 1 fully saturated rings. The number of carbonyl (C=O) groups excluding carboxylic acids is 1. The van der Waals surface area contributed by atoms with Crippen molar-refractivity contribution in [3.63, 3.8) is 0 Å².